The van der Waals surface area contributed by atoms with Gasteiger partial charge in [0.1, 0.15) is 0 Å². The van der Waals surface area contributed by atoms with E-state index in [0.717, 1.165) is 10.7 Å². The molecule has 0 bridgehead atoms. The summed E-state index contributed by atoms with van der Waals surface area (Å²) in [6, 6.07) is 6.78. The van der Waals surface area contributed by atoms with Gasteiger partial charge in [0.05, 0.1) is 10.7 Å². The van der Waals surface area contributed by atoms with Crippen LogP contribution in [0.5, 0.6) is 0 Å². The summed E-state index contributed by atoms with van der Waals surface area (Å²) in [7, 11) is 0. The van der Waals surface area contributed by atoms with E-state index in [2.05, 4.69) is 38.2 Å². The first-order valence-electron chi connectivity index (χ1n) is 6.52. The van der Waals surface area contributed by atoms with Crippen LogP contribution in [0, 0.1) is 12.3 Å². The molecule has 0 spiro atoms. The highest BCUT2D eigenvalue weighted by molar-refractivity contribution is 6.33. The normalized spacial score (nSPS) is 23.4. The second-order valence-electron chi connectivity index (χ2n) is 5.91. The summed E-state index contributed by atoms with van der Waals surface area (Å²) in [5.74, 6) is 0. The summed E-state index contributed by atoms with van der Waals surface area (Å²) in [5.41, 5.74) is 2.66. The highest BCUT2D eigenvalue weighted by atomic mass is 35.5. The molecule has 0 aliphatic heterocycles. The molecule has 0 amide bonds. The number of halogens is 1. The predicted octanol–water partition coefficient (Wildman–Crippen LogP) is 5.03. The first kappa shape index (κ1) is 12.8. The zero-order chi connectivity index (χ0) is 12.5. The molecule has 94 valence electrons. The number of aryl methyl sites for hydroxylation is 1. The topological polar surface area (TPSA) is 12.0 Å². The molecule has 1 aliphatic carbocycles. The Morgan fingerprint density at radius 3 is 2.71 bits per heavy atom. The molecule has 1 aromatic rings. The molecule has 1 atom stereocenters. The van der Waals surface area contributed by atoms with Crippen LogP contribution >= 0.6 is 11.6 Å². The molecule has 2 rings (SSSR count). The molecule has 1 nitrogen and oxygen atoms in total. The average Bonchev–Trinajstić information content (AvgIpc) is 2.24. The quantitative estimate of drug-likeness (QED) is 0.778. The number of rotatable bonds is 2. The van der Waals surface area contributed by atoms with Gasteiger partial charge < -0.3 is 5.32 Å². The third-order valence-corrected chi connectivity index (χ3v) is 4.27. The third kappa shape index (κ3) is 2.95. The van der Waals surface area contributed by atoms with Gasteiger partial charge in [-0.1, -0.05) is 44.4 Å². The Labute approximate surface area is 110 Å². The summed E-state index contributed by atoms with van der Waals surface area (Å²) in [5, 5.41) is 4.47. The van der Waals surface area contributed by atoms with Crippen molar-refractivity contribution in [1.82, 2.24) is 0 Å². The molecule has 0 radical (unpaired) electrons. The minimum Gasteiger partial charge on any atom is -0.381 e. The number of hydrogen-bond donors (Lipinski definition) is 1. The summed E-state index contributed by atoms with van der Waals surface area (Å²) in [6.45, 7) is 6.78. The Hall–Kier alpha value is -0.690. The number of hydrogen-bond acceptors (Lipinski definition) is 1. The van der Waals surface area contributed by atoms with Gasteiger partial charge in [0.2, 0.25) is 0 Å². The maximum Gasteiger partial charge on any atom is 0.0640 e. The van der Waals surface area contributed by atoms with E-state index in [9.17, 15) is 0 Å². The summed E-state index contributed by atoms with van der Waals surface area (Å²) in [6.07, 6.45) is 5.22. The lowest BCUT2D eigenvalue weighted by Gasteiger charge is -2.39. The van der Waals surface area contributed by atoms with Crippen molar-refractivity contribution in [2.45, 2.75) is 52.5 Å². The van der Waals surface area contributed by atoms with E-state index in [1.807, 2.05) is 6.07 Å². The van der Waals surface area contributed by atoms with Crippen molar-refractivity contribution in [2.75, 3.05) is 5.32 Å². The molecular weight excluding hydrogens is 230 g/mol. The van der Waals surface area contributed by atoms with Gasteiger partial charge in [0.25, 0.3) is 0 Å². The highest BCUT2D eigenvalue weighted by Gasteiger charge is 2.32. The SMILES string of the molecule is Cc1ccc(NC2CCCCC2(C)C)c(Cl)c1. The second-order valence-corrected chi connectivity index (χ2v) is 6.32. The van der Waals surface area contributed by atoms with Crippen LogP contribution in [-0.4, -0.2) is 6.04 Å². The fraction of sp³-hybridized carbons (Fsp3) is 0.600. The van der Waals surface area contributed by atoms with Crippen molar-refractivity contribution in [3.05, 3.63) is 28.8 Å². The molecule has 2 heteroatoms. The zero-order valence-corrected chi connectivity index (χ0v) is 11.8. The zero-order valence-electron chi connectivity index (χ0n) is 11.0. The van der Waals surface area contributed by atoms with Crippen molar-refractivity contribution in [3.63, 3.8) is 0 Å². The maximum atomic E-state index is 6.28. The Bertz CT molecular complexity index is 398. The molecule has 1 saturated carbocycles. The minimum atomic E-state index is 0.368. The van der Waals surface area contributed by atoms with Gasteiger partial charge in [-0.2, -0.15) is 0 Å². The van der Waals surface area contributed by atoms with E-state index in [0.29, 0.717) is 11.5 Å². The molecule has 1 aliphatic rings. The first-order valence-corrected chi connectivity index (χ1v) is 6.89. The van der Waals surface area contributed by atoms with Crippen LogP contribution in [0.4, 0.5) is 5.69 Å². The minimum absolute atomic E-state index is 0.368. The fourth-order valence-corrected chi connectivity index (χ4v) is 2.98. The van der Waals surface area contributed by atoms with E-state index < -0.39 is 0 Å². The van der Waals surface area contributed by atoms with Crippen LogP contribution in [-0.2, 0) is 0 Å². The predicted molar refractivity (Wildman–Crippen MR) is 75.8 cm³/mol. The standard InChI is InChI=1S/C15H22ClN/c1-11-7-8-13(12(16)10-11)17-14-6-4-5-9-15(14,2)3/h7-8,10,14,17H,4-6,9H2,1-3H3. The van der Waals surface area contributed by atoms with Crippen molar-refractivity contribution in [1.29, 1.82) is 0 Å². The second kappa shape index (κ2) is 4.89. The van der Waals surface area contributed by atoms with Crippen LogP contribution in [0.3, 0.4) is 0 Å². The largest absolute Gasteiger partial charge is 0.381 e. The molecule has 0 saturated heterocycles. The highest BCUT2D eigenvalue weighted by Crippen LogP contribution is 2.38. The van der Waals surface area contributed by atoms with Crippen LogP contribution in [0.25, 0.3) is 0 Å². The summed E-state index contributed by atoms with van der Waals surface area (Å²) >= 11 is 6.28. The van der Waals surface area contributed by atoms with Gasteiger partial charge in [-0.25, -0.2) is 0 Å². The van der Waals surface area contributed by atoms with E-state index in [1.165, 1.54) is 31.2 Å². The van der Waals surface area contributed by atoms with E-state index in [1.54, 1.807) is 0 Å². The number of nitrogens with one attached hydrogen (secondary N) is 1. The van der Waals surface area contributed by atoms with Crippen molar-refractivity contribution < 1.29 is 0 Å². The monoisotopic (exact) mass is 251 g/mol. The molecule has 1 fully saturated rings. The molecule has 0 heterocycles. The number of benzene rings is 1. The third-order valence-electron chi connectivity index (χ3n) is 3.96. The summed E-state index contributed by atoms with van der Waals surface area (Å²) < 4.78 is 0. The first-order chi connectivity index (χ1) is 7.99. The van der Waals surface area contributed by atoms with Gasteiger partial charge in [-0.3, -0.25) is 0 Å². The molecule has 17 heavy (non-hydrogen) atoms. The molecular formula is C15H22ClN. The Morgan fingerprint density at radius 2 is 2.06 bits per heavy atom. The Kier molecular flexibility index (Phi) is 3.67. The van der Waals surface area contributed by atoms with E-state index >= 15 is 0 Å². The van der Waals surface area contributed by atoms with Gasteiger partial charge in [-0.15, -0.1) is 0 Å². The van der Waals surface area contributed by atoms with E-state index in [4.69, 9.17) is 11.6 Å². The fourth-order valence-electron chi connectivity index (χ4n) is 2.69. The lowest BCUT2D eigenvalue weighted by molar-refractivity contribution is 0.217. The Balaban J connectivity index is 2.14. The van der Waals surface area contributed by atoms with E-state index in [-0.39, 0.29) is 0 Å². The maximum absolute atomic E-state index is 6.28. The summed E-state index contributed by atoms with van der Waals surface area (Å²) in [4.78, 5) is 0. The van der Waals surface area contributed by atoms with Crippen molar-refractivity contribution in [3.8, 4) is 0 Å². The Morgan fingerprint density at radius 1 is 1.29 bits per heavy atom. The lowest BCUT2D eigenvalue weighted by Crippen LogP contribution is -2.38. The molecule has 1 unspecified atom stereocenters. The van der Waals surface area contributed by atoms with Crippen LogP contribution in [0.1, 0.15) is 45.1 Å². The van der Waals surface area contributed by atoms with Gasteiger partial charge in [0.15, 0.2) is 0 Å². The lowest BCUT2D eigenvalue weighted by atomic mass is 9.73. The average molecular weight is 252 g/mol. The molecule has 1 aromatic carbocycles. The molecule has 0 aromatic heterocycles. The smallest absolute Gasteiger partial charge is 0.0640 e. The van der Waals surface area contributed by atoms with Crippen LogP contribution < -0.4 is 5.32 Å². The molecule has 1 N–H and O–H groups in total. The van der Waals surface area contributed by atoms with Crippen molar-refractivity contribution >= 4 is 17.3 Å². The number of anilines is 1. The van der Waals surface area contributed by atoms with Gasteiger partial charge in [0, 0.05) is 6.04 Å². The van der Waals surface area contributed by atoms with Gasteiger partial charge >= 0.3 is 0 Å². The van der Waals surface area contributed by atoms with Crippen molar-refractivity contribution in [2.24, 2.45) is 5.41 Å². The van der Waals surface area contributed by atoms with Crippen LogP contribution in [0.15, 0.2) is 18.2 Å². The van der Waals surface area contributed by atoms with Gasteiger partial charge in [-0.05, 0) is 42.9 Å². The van der Waals surface area contributed by atoms with Crippen LogP contribution in [0.2, 0.25) is 5.02 Å².